The molecule has 0 saturated carbocycles. The fourth-order valence-corrected chi connectivity index (χ4v) is 11.5. The Bertz CT molecular complexity index is 4720. The number of rotatable bonds is 15. The molecular weight excluding hydrogens is 1350 g/mol. The van der Waals surface area contributed by atoms with Crippen LogP contribution in [0.3, 0.4) is 0 Å². The molecule has 0 aliphatic carbocycles. The van der Waals surface area contributed by atoms with Crippen LogP contribution in [0.4, 0.5) is 0 Å². The summed E-state index contributed by atoms with van der Waals surface area (Å²) in [5.74, 6) is -3.81. The van der Waals surface area contributed by atoms with E-state index < -0.39 is 17.9 Å². The van der Waals surface area contributed by atoms with Gasteiger partial charge in [-0.1, -0.05) is 103 Å². The van der Waals surface area contributed by atoms with Crippen LogP contribution in [0.5, 0.6) is 0 Å². The van der Waals surface area contributed by atoms with Gasteiger partial charge in [-0.05, 0) is 96.4 Å². The van der Waals surface area contributed by atoms with Crippen LogP contribution in [0.1, 0.15) is 81.7 Å². The summed E-state index contributed by atoms with van der Waals surface area (Å²) in [6.45, 7) is 3.53. The fraction of sp³-hybridized carbons (Fsp3) is 0.0694. The quantitative estimate of drug-likeness (QED) is 0.0743. The number of nitrogens with zero attached hydrogens (tertiary/aromatic N) is 8. The number of carboxylic acid groups (broad SMARTS) is 3. The van der Waals surface area contributed by atoms with Crippen molar-refractivity contribution in [1.82, 2.24) is 19.9 Å². The molecule has 11 aromatic rings. The molecule has 0 N–H and O–H groups in total. The van der Waals surface area contributed by atoms with Crippen molar-refractivity contribution in [3.05, 3.63) is 286 Å². The maximum Gasteiger partial charge on any atom is 2.00 e. The number of aromatic nitrogens is 8. The number of carbonyl (C=O) groups excluding carboxylic acids is 3. The first-order chi connectivity index (χ1) is 42.0. The molecule has 2 radical (unpaired) electrons. The Morgan fingerprint density at radius 1 is 0.364 bits per heavy atom. The summed E-state index contributed by atoms with van der Waals surface area (Å²) in [6.07, 6.45) is 15.9. The smallest absolute Gasteiger partial charge is 0.656 e. The van der Waals surface area contributed by atoms with Crippen molar-refractivity contribution in [2.24, 2.45) is 0 Å². The molecule has 0 fully saturated rings. The Morgan fingerprint density at radius 2 is 0.636 bits per heavy atom. The van der Waals surface area contributed by atoms with Crippen LogP contribution in [-0.4, -0.2) is 27.9 Å². The summed E-state index contributed by atoms with van der Waals surface area (Å²) in [4.78, 5) is 58.7. The number of aryl methyl sites for hydroxylation is 1. The number of benzene rings is 4. The second kappa shape index (κ2) is 26.2. The van der Waals surface area contributed by atoms with E-state index in [1.807, 2.05) is 157 Å². The molecule has 8 bridgehead atoms. The Labute approximate surface area is 553 Å². The molecule has 88 heavy (non-hydrogen) atoms. The van der Waals surface area contributed by atoms with E-state index in [4.69, 9.17) is 19.9 Å². The summed E-state index contributed by atoms with van der Waals surface area (Å²) in [5.41, 5.74) is 15.5. The van der Waals surface area contributed by atoms with Crippen molar-refractivity contribution in [1.29, 1.82) is 0 Å². The van der Waals surface area contributed by atoms with E-state index in [1.54, 1.807) is 36.4 Å². The number of carboxylic acids is 3. The molecule has 0 unspecified atom stereocenters. The third kappa shape index (κ3) is 12.5. The van der Waals surface area contributed by atoms with Crippen LogP contribution in [0.25, 0.3) is 91.4 Å². The maximum absolute atomic E-state index is 12.1. The van der Waals surface area contributed by atoms with Gasteiger partial charge in [-0.2, -0.15) is 18.3 Å². The van der Waals surface area contributed by atoms with Crippen LogP contribution in [0, 0.1) is 51.9 Å². The Balaban J connectivity index is 0.00000400. The van der Waals surface area contributed by atoms with Crippen molar-refractivity contribution >= 4 is 64.3 Å². The van der Waals surface area contributed by atoms with Gasteiger partial charge in [-0.25, -0.2) is 9.97 Å². The first-order valence-electron chi connectivity index (χ1n) is 28.0. The molecular formula is C72H51FeN8O6Ra+. The predicted octanol–water partition coefficient (Wildman–Crippen LogP) is 7.32. The van der Waals surface area contributed by atoms with Gasteiger partial charge in [0.05, 0.1) is 62.9 Å². The second-order valence-electron chi connectivity index (χ2n) is 21.2. The Hall–Kier alpha value is -9.52. The van der Waals surface area contributed by atoms with Gasteiger partial charge < -0.3 is 39.7 Å². The molecule has 7 aromatic heterocycles. The van der Waals surface area contributed by atoms with Crippen molar-refractivity contribution in [3.8, 4) is 45.0 Å². The van der Waals surface area contributed by atoms with E-state index in [-0.39, 0.29) is 85.3 Å². The summed E-state index contributed by atoms with van der Waals surface area (Å²) < 4.78 is 8.37. The summed E-state index contributed by atoms with van der Waals surface area (Å²) >= 11 is 0. The van der Waals surface area contributed by atoms with Gasteiger partial charge in [0, 0.05) is 116 Å². The van der Waals surface area contributed by atoms with Crippen LogP contribution in [-0.2, 0) is 43.2 Å². The van der Waals surface area contributed by atoms with E-state index >= 15 is 0 Å². The summed E-state index contributed by atoms with van der Waals surface area (Å²) in [6, 6.07) is 60.4. The Morgan fingerprint density at radius 3 is 0.909 bits per heavy atom. The third-order valence-electron chi connectivity index (χ3n) is 15.4. The molecule has 16 heteroatoms. The van der Waals surface area contributed by atoms with E-state index in [9.17, 15) is 29.7 Å². The predicted molar refractivity (Wildman–Crippen MR) is 319 cm³/mol. The van der Waals surface area contributed by atoms with Crippen LogP contribution in [0.2, 0.25) is 0 Å². The van der Waals surface area contributed by atoms with Crippen molar-refractivity contribution in [3.63, 3.8) is 0 Å². The molecule has 0 amide bonds. The molecule has 0 spiro atoms. The molecule has 2 aliphatic heterocycles. The monoisotopic (exact) mass is 1410 g/mol. The van der Waals surface area contributed by atoms with Gasteiger partial charge in [-0.15, -0.1) is 22.1 Å². The molecule has 13 rings (SSSR count). The SMILES string of the molecule is Cc1cccc(C[n+]2ccccc2-c2c3nc(c(-c4cccc[n+]4Cc4cccc(C(=O)[O-])c4)c4ccc([n-]4)c(-c4cccc[n+]4Cc4cccc(C(=O)[O-])c4)c4nc(c(-c5cccc[n+]5Cc5cccc(C(=O)[O-])c5)c5ccc2[n-]5)C=C4)C=C3)c1.[Fe+2].[Ra]. The number of carbonyl (C=O) groups is 3. The summed E-state index contributed by atoms with van der Waals surface area (Å²) in [5, 5.41) is 36.4. The average Bonchev–Trinajstić information content (AvgIpc) is 2.52. The molecule has 9 heterocycles. The first kappa shape index (κ1) is 60.2. The normalized spacial score (nSPS) is 11.4. The zero-order valence-electron chi connectivity index (χ0n) is 47.5. The van der Waals surface area contributed by atoms with Crippen LogP contribution >= 0.6 is 0 Å². The van der Waals surface area contributed by atoms with Gasteiger partial charge in [0.2, 0.25) is 22.8 Å². The number of hydrogen-bond donors (Lipinski definition) is 0. The van der Waals surface area contributed by atoms with E-state index in [2.05, 4.69) is 57.2 Å². The average molecular weight is 1410 g/mol. The van der Waals surface area contributed by atoms with Crippen LogP contribution in [0.15, 0.2) is 219 Å². The number of pyridine rings is 4. The maximum atomic E-state index is 12.1. The van der Waals surface area contributed by atoms with Gasteiger partial charge >= 0.3 is 17.1 Å². The Kier molecular flexibility index (Phi) is 17.9. The number of fused-ring (bicyclic) bond motifs is 8. The third-order valence-corrected chi connectivity index (χ3v) is 15.4. The molecule has 4 aromatic carbocycles. The fourth-order valence-electron chi connectivity index (χ4n) is 11.5. The minimum absolute atomic E-state index is 0. The second-order valence-corrected chi connectivity index (χ2v) is 21.2. The largest absolute Gasteiger partial charge is 2.00 e. The number of hydrogen-bond acceptors (Lipinski definition) is 8. The van der Waals surface area contributed by atoms with E-state index in [0.717, 1.165) is 56.2 Å². The zero-order chi connectivity index (χ0) is 58.8. The van der Waals surface area contributed by atoms with Crippen molar-refractivity contribution < 1.29 is 110 Å². The molecule has 2 aliphatic rings. The molecule has 424 valence electrons. The molecule has 0 atom stereocenters. The standard InChI is InChI=1S/C72H52N8O6.Fe.Ra/c1-46-14-10-15-47(38-46)42-77-34-6-2-22-62(77)66-54-26-28-56(73-54)67(63-23-3-7-35-78(63)43-48-16-11-19-51(39-48)70(81)82)58-30-32-60(75-58)69(65-25-5-9-37-80(65)45-50-18-13-21-53(41-50)72(85)86)61-33-31-59(76-61)68(57-29-27-55(66)74-57)64-24-4-8-36-79(64)44-49-17-12-20-52(40-49)71(83)84;;/h2-41H,42-45H2,1H3,(H-3,73,74,75,76,81,82,83,84,85,86);;/q;+2;/p-1. The summed E-state index contributed by atoms with van der Waals surface area (Å²) in [7, 11) is 0. The van der Waals surface area contributed by atoms with E-state index in [0.29, 0.717) is 81.2 Å². The van der Waals surface area contributed by atoms with Crippen LogP contribution < -0.4 is 43.6 Å². The van der Waals surface area contributed by atoms with Gasteiger partial charge in [0.15, 0.2) is 51.0 Å². The number of aromatic carboxylic acids is 3. The van der Waals surface area contributed by atoms with Crippen molar-refractivity contribution in [2.75, 3.05) is 0 Å². The topological polar surface area (TPSA) is 190 Å². The van der Waals surface area contributed by atoms with Gasteiger partial charge in [0.1, 0.15) is 0 Å². The zero-order valence-corrected chi connectivity index (χ0v) is 54.4. The molecule has 14 nitrogen and oxygen atoms in total. The van der Waals surface area contributed by atoms with Gasteiger partial charge in [0.25, 0.3) is 0 Å². The van der Waals surface area contributed by atoms with E-state index in [1.165, 1.54) is 18.2 Å². The first-order valence-corrected chi connectivity index (χ1v) is 28.0. The minimum Gasteiger partial charge on any atom is -0.656 e. The molecule has 0 saturated heterocycles. The van der Waals surface area contributed by atoms with Crippen molar-refractivity contribution in [2.45, 2.75) is 33.1 Å². The van der Waals surface area contributed by atoms with Gasteiger partial charge in [-0.3, -0.25) is 0 Å². The minimum atomic E-state index is -1.27.